The van der Waals surface area contributed by atoms with Gasteiger partial charge in [0.2, 0.25) is 0 Å². The van der Waals surface area contributed by atoms with Crippen LogP contribution in [0.2, 0.25) is 0 Å². The average Bonchev–Trinajstić information content (AvgIpc) is 2.69. The fraction of sp³-hybridized carbons (Fsp3) is 0.0476. The van der Waals surface area contributed by atoms with E-state index < -0.39 is 10.8 Å². The summed E-state index contributed by atoms with van der Waals surface area (Å²) < 4.78 is 11.4. The van der Waals surface area contributed by atoms with E-state index in [9.17, 15) is 13.8 Å². The monoisotopic (exact) mass is 378 g/mol. The maximum absolute atomic E-state index is 12.3. The molecule has 2 N–H and O–H groups in total. The zero-order valence-electron chi connectivity index (χ0n) is 14.6. The Kier molecular flexibility index (Phi) is 5.78. The van der Waals surface area contributed by atoms with Crippen molar-refractivity contribution in [2.75, 3.05) is 16.9 Å². The fourth-order valence-electron chi connectivity index (χ4n) is 2.43. The molecule has 5 nitrogen and oxygen atoms in total. The summed E-state index contributed by atoms with van der Waals surface area (Å²) in [6, 6.07) is 22.4. The van der Waals surface area contributed by atoms with E-state index in [2.05, 4.69) is 10.6 Å². The third-order valence-corrected chi connectivity index (χ3v) is 4.82. The number of carbonyl (C=O) groups excluding carboxylic acids is 2. The van der Waals surface area contributed by atoms with E-state index in [0.717, 1.165) is 5.69 Å². The summed E-state index contributed by atoms with van der Waals surface area (Å²) >= 11 is 0. The first kappa shape index (κ1) is 18.5. The van der Waals surface area contributed by atoms with Gasteiger partial charge >= 0.3 is 0 Å². The molecule has 0 spiro atoms. The Morgan fingerprint density at radius 2 is 1.11 bits per heavy atom. The SMILES string of the molecule is CS(=O)c1ccc(C(=O)Nc2ccc(C(=O)Nc3ccccc3)cc2)cc1. The topological polar surface area (TPSA) is 75.3 Å². The molecule has 0 radical (unpaired) electrons. The lowest BCUT2D eigenvalue weighted by atomic mass is 10.1. The molecule has 0 saturated heterocycles. The number of anilines is 2. The molecular weight excluding hydrogens is 360 g/mol. The van der Waals surface area contributed by atoms with Gasteiger partial charge in [0, 0.05) is 44.5 Å². The molecule has 3 rings (SSSR count). The maximum atomic E-state index is 12.3. The second-order valence-electron chi connectivity index (χ2n) is 5.83. The third kappa shape index (κ3) is 4.89. The van der Waals surface area contributed by atoms with Gasteiger partial charge in [-0.2, -0.15) is 0 Å². The first-order valence-electron chi connectivity index (χ1n) is 8.24. The van der Waals surface area contributed by atoms with E-state index in [1.54, 1.807) is 54.8 Å². The number of hydrogen-bond acceptors (Lipinski definition) is 3. The van der Waals surface area contributed by atoms with E-state index in [1.165, 1.54) is 0 Å². The van der Waals surface area contributed by atoms with Crippen LogP contribution >= 0.6 is 0 Å². The average molecular weight is 378 g/mol. The zero-order valence-corrected chi connectivity index (χ0v) is 15.5. The predicted molar refractivity (Wildman–Crippen MR) is 108 cm³/mol. The van der Waals surface area contributed by atoms with Crippen LogP contribution < -0.4 is 10.6 Å². The van der Waals surface area contributed by atoms with Gasteiger partial charge in [-0.05, 0) is 60.7 Å². The first-order valence-corrected chi connectivity index (χ1v) is 9.80. The van der Waals surface area contributed by atoms with Crippen molar-refractivity contribution in [1.82, 2.24) is 0 Å². The second-order valence-corrected chi connectivity index (χ2v) is 7.21. The molecule has 0 fully saturated rings. The Hall–Kier alpha value is -3.25. The summed E-state index contributed by atoms with van der Waals surface area (Å²) in [4.78, 5) is 25.2. The number of nitrogens with one attached hydrogen (secondary N) is 2. The highest BCUT2D eigenvalue weighted by Crippen LogP contribution is 2.14. The van der Waals surface area contributed by atoms with E-state index >= 15 is 0 Å². The van der Waals surface area contributed by atoms with Gasteiger partial charge in [-0.1, -0.05) is 18.2 Å². The Morgan fingerprint density at radius 1 is 0.667 bits per heavy atom. The van der Waals surface area contributed by atoms with Crippen molar-refractivity contribution in [2.45, 2.75) is 4.90 Å². The van der Waals surface area contributed by atoms with Crippen LogP contribution in [0.1, 0.15) is 20.7 Å². The fourth-order valence-corrected chi connectivity index (χ4v) is 2.95. The van der Waals surface area contributed by atoms with Crippen molar-refractivity contribution in [3.8, 4) is 0 Å². The molecule has 27 heavy (non-hydrogen) atoms. The third-order valence-electron chi connectivity index (χ3n) is 3.89. The molecule has 1 atom stereocenters. The molecule has 0 saturated carbocycles. The maximum Gasteiger partial charge on any atom is 0.255 e. The van der Waals surface area contributed by atoms with Gasteiger partial charge in [0.1, 0.15) is 0 Å². The summed E-state index contributed by atoms with van der Waals surface area (Å²) in [7, 11) is -1.08. The van der Waals surface area contributed by atoms with Gasteiger partial charge in [0.05, 0.1) is 0 Å². The van der Waals surface area contributed by atoms with E-state index in [1.807, 2.05) is 30.3 Å². The van der Waals surface area contributed by atoms with Gasteiger partial charge in [0.15, 0.2) is 0 Å². The second kappa shape index (κ2) is 8.42. The van der Waals surface area contributed by atoms with Gasteiger partial charge in [-0.25, -0.2) is 0 Å². The standard InChI is InChI=1S/C21H18N2O3S/c1-27(26)19-13-9-16(10-14-19)21(25)23-18-11-7-15(8-12-18)20(24)22-17-5-3-2-4-6-17/h2-14H,1H3,(H,22,24)(H,23,25). The number of benzene rings is 3. The van der Waals surface area contributed by atoms with Crippen molar-refractivity contribution in [3.63, 3.8) is 0 Å². The van der Waals surface area contributed by atoms with Crippen LogP contribution in [0.3, 0.4) is 0 Å². The van der Waals surface area contributed by atoms with Crippen LogP contribution in [0.4, 0.5) is 11.4 Å². The van der Waals surface area contributed by atoms with E-state index in [0.29, 0.717) is 21.7 Å². The molecule has 0 aliphatic rings. The number of carbonyl (C=O) groups is 2. The van der Waals surface area contributed by atoms with Crippen LogP contribution in [-0.2, 0) is 10.8 Å². The molecular formula is C21H18N2O3S. The largest absolute Gasteiger partial charge is 0.322 e. The number of para-hydroxylation sites is 1. The van der Waals surface area contributed by atoms with E-state index in [-0.39, 0.29) is 11.8 Å². The Balaban J connectivity index is 1.64. The van der Waals surface area contributed by atoms with Crippen molar-refractivity contribution in [2.24, 2.45) is 0 Å². The summed E-state index contributed by atoms with van der Waals surface area (Å²) in [6.45, 7) is 0. The smallest absolute Gasteiger partial charge is 0.255 e. The first-order chi connectivity index (χ1) is 13.0. The van der Waals surface area contributed by atoms with Gasteiger partial charge < -0.3 is 10.6 Å². The highest BCUT2D eigenvalue weighted by Gasteiger charge is 2.09. The summed E-state index contributed by atoms with van der Waals surface area (Å²) in [5, 5.41) is 5.58. The number of rotatable bonds is 5. The molecule has 0 aromatic heterocycles. The predicted octanol–water partition coefficient (Wildman–Crippen LogP) is 3.93. The zero-order chi connectivity index (χ0) is 19.2. The molecule has 1 unspecified atom stereocenters. The lowest BCUT2D eigenvalue weighted by Gasteiger charge is -2.08. The molecule has 136 valence electrons. The summed E-state index contributed by atoms with van der Waals surface area (Å²) in [5.41, 5.74) is 2.26. The number of hydrogen-bond donors (Lipinski definition) is 2. The normalized spacial score (nSPS) is 11.4. The van der Waals surface area contributed by atoms with Crippen LogP contribution in [0, 0.1) is 0 Å². The Bertz CT molecular complexity index is 969. The molecule has 3 aromatic rings. The van der Waals surface area contributed by atoms with Crippen molar-refractivity contribution in [1.29, 1.82) is 0 Å². The quantitative estimate of drug-likeness (QED) is 0.706. The highest BCUT2D eigenvalue weighted by atomic mass is 32.2. The van der Waals surface area contributed by atoms with Crippen LogP contribution in [-0.4, -0.2) is 22.3 Å². The minimum absolute atomic E-state index is 0.220. The lowest BCUT2D eigenvalue weighted by molar-refractivity contribution is 0.102. The molecule has 6 heteroatoms. The molecule has 2 amide bonds. The molecule has 3 aromatic carbocycles. The molecule has 0 bridgehead atoms. The minimum Gasteiger partial charge on any atom is -0.322 e. The minimum atomic E-state index is -1.08. The van der Waals surface area contributed by atoms with E-state index in [4.69, 9.17) is 0 Å². The van der Waals surface area contributed by atoms with Crippen molar-refractivity contribution in [3.05, 3.63) is 90.0 Å². The number of amides is 2. The van der Waals surface area contributed by atoms with Gasteiger partial charge in [0.25, 0.3) is 11.8 Å². The summed E-state index contributed by atoms with van der Waals surface area (Å²) in [5.74, 6) is -0.493. The van der Waals surface area contributed by atoms with Crippen LogP contribution in [0.15, 0.2) is 83.8 Å². The summed E-state index contributed by atoms with van der Waals surface area (Å²) in [6.07, 6.45) is 1.59. The van der Waals surface area contributed by atoms with Crippen LogP contribution in [0.25, 0.3) is 0 Å². The highest BCUT2D eigenvalue weighted by molar-refractivity contribution is 7.84. The molecule has 0 heterocycles. The van der Waals surface area contributed by atoms with Gasteiger partial charge in [-0.3, -0.25) is 13.8 Å². The molecule has 0 aliphatic heterocycles. The van der Waals surface area contributed by atoms with Gasteiger partial charge in [-0.15, -0.1) is 0 Å². The lowest BCUT2D eigenvalue weighted by Crippen LogP contribution is -2.13. The van der Waals surface area contributed by atoms with Crippen molar-refractivity contribution < 1.29 is 13.8 Å². The Morgan fingerprint density at radius 3 is 1.59 bits per heavy atom. The molecule has 0 aliphatic carbocycles. The Labute approximate surface area is 159 Å². The van der Waals surface area contributed by atoms with Crippen LogP contribution in [0.5, 0.6) is 0 Å². The van der Waals surface area contributed by atoms with Crippen molar-refractivity contribution >= 4 is 34.0 Å².